The summed E-state index contributed by atoms with van der Waals surface area (Å²) in [5.41, 5.74) is 0.339. The SMILES string of the molecule is CC(C)NC(=O)C[NH+](C)[C@@H](C)C(=O)Nc1ccc(OC(F)(F)F)cc1. The number of rotatable bonds is 7. The molecule has 0 fully saturated rings. The Bertz CT molecular complexity index is 589. The van der Waals surface area contributed by atoms with Crippen molar-refractivity contribution in [3.05, 3.63) is 24.3 Å². The van der Waals surface area contributed by atoms with Crippen LogP contribution in [0, 0.1) is 0 Å². The Morgan fingerprint density at radius 1 is 1.16 bits per heavy atom. The Morgan fingerprint density at radius 3 is 2.20 bits per heavy atom. The van der Waals surface area contributed by atoms with Crippen LogP contribution in [0.2, 0.25) is 0 Å². The smallest absolute Gasteiger partial charge is 0.406 e. The van der Waals surface area contributed by atoms with Crippen molar-refractivity contribution in [2.45, 2.75) is 39.2 Å². The van der Waals surface area contributed by atoms with E-state index in [1.54, 1.807) is 14.0 Å². The summed E-state index contributed by atoms with van der Waals surface area (Å²) in [6.07, 6.45) is -4.76. The molecule has 0 bridgehead atoms. The Balaban J connectivity index is 2.58. The van der Waals surface area contributed by atoms with Crippen molar-refractivity contribution in [3.63, 3.8) is 0 Å². The fourth-order valence-electron chi connectivity index (χ4n) is 1.99. The van der Waals surface area contributed by atoms with Crippen molar-refractivity contribution < 1.29 is 32.4 Å². The number of alkyl halides is 3. The predicted octanol–water partition coefficient (Wildman–Crippen LogP) is 0.951. The van der Waals surface area contributed by atoms with E-state index in [2.05, 4.69) is 15.4 Å². The second-order valence-corrected chi connectivity index (χ2v) is 6.03. The lowest BCUT2D eigenvalue weighted by molar-refractivity contribution is -0.885. The van der Waals surface area contributed by atoms with Crippen LogP contribution in [0.3, 0.4) is 0 Å². The molecule has 0 saturated heterocycles. The van der Waals surface area contributed by atoms with Crippen LogP contribution in [-0.2, 0) is 9.59 Å². The van der Waals surface area contributed by atoms with Gasteiger partial charge in [0.2, 0.25) is 0 Å². The molecule has 2 atom stereocenters. The van der Waals surface area contributed by atoms with Gasteiger partial charge in [-0.1, -0.05) is 0 Å². The van der Waals surface area contributed by atoms with Crippen LogP contribution >= 0.6 is 0 Å². The Labute approximate surface area is 144 Å². The lowest BCUT2D eigenvalue weighted by Gasteiger charge is -2.21. The van der Waals surface area contributed by atoms with Gasteiger partial charge >= 0.3 is 6.36 Å². The van der Waals surface area contributed by atoms with Crippen LogP contribution < -0.4 is 20.3 Å². The molecular formula is C16H23F3N3O3+. The fourth-order valence-corrected chi connectivity index (χ4v) is 1.99. The van der Waals surface area contributed by atoms with Crippen LogP contribution in [0.15, 0.2) is 24.3 Å². The molecule has 0 aliphatic carbocycles. The quantitative estimate of drug-likeness (QED) is 0.676. The third-order valence-electron chi connectivity index (χ3n) is 3.38. The van der Waals surface area contributed by atoms with E-state index in [-0.39, 0.29) is 30.2 Å². The molecule has 0 heterocycles. The maximum absolute atomic E-state index is 12.2. The van der Waals surface area contributed by atoms with E-state index < -0.39 is 12.4 Å². The van der Waals surface area contributed by atoms with Crippen molar-refractivity contribution in [1.29, 1.82) is 0 Å². The summed E-state index contributed by atoms with van der Waals surface area (Å²) in [7, 11) is 1.71. The summed E-state index contributed by atoms with van der Waals surface area (Å²) in [5, 5.41) is 5.34. The van der Waals surface area contributed by atoms with Crippen molar-refractivity contribution in [2.75, 3.05) is 18.9 Å². The molecule has 0 aliphatic rings. The molecule has 0 radical (unpaired) electrons. The second kappa shape index (κ2) is 8.70. The third kappa shape index (κ3) is 7.88. The van der Waals surface area contributed by atoms with E-state index in [9.17, 15) is 22.8 Å². The molecule has 0 spiro atoms. The van der Waals surface area contributed by atoms with Gasteiger partial charge in [0.05, 0.1) is 7.05 Å². The molecule has 2 amide bonds. The average Bonchev–Trinajstić information content (AvgIpc) is 2.45. The maximum atomic E-state index is 12.2. The number of amides is 2. The number of quaternary nitrogens is 1. The van der Waals surface area contributed by atoms with Gasteiger partial charge in [0, 0.05) is 11.7 Å². The number of hydrogen-bond donors (Lipinski definition) is 3. The van der Waals surface area contributed by atoms with Crippen molar-refractivity contribution in [1.82, 2.24) is 5.32 Å². The van der Waals surface area contributed by atoms with Crippen LogP contribution in [0.4, 0.5) is 18.9 Å². The normalized spacial score (nSPS) is 13.9. The number of carbonyl (C=O) groups is 2. The molecule has 1 aromatic rings. The number of nitrogens with one attached hydrogen (secondary N) is 3. The highest BCUT2D eigenvalue weighted by Crippen LogP contribution is 2.23. The van der Waals surface area contributed by atoms with E-state index in [4.69, 9.17) is 0 Å². The van der Waals surface area contributed by atoms with Gasteiger partial charge < -0.3 is 20.3 Å². The molecule has 9 heteroatoms. The van der Waals surface area contributed by atoms with Crippen LogP contribution in [0.5, 0.6) is 5.75 Å². The number of carbonyl (C=O) groups excluding carboxylic acids is 2. The van der Waals surface area contributed by atoms with E-state index in [0.29, 0.717) is 10.6 Å². The first-order valence-corrected chi connectivity index (χ1v) is 7.76. The summed E-state index contributed by atoms with van der Waals surface area (Å²) in [5.74, 6) is -0.883. The highest BCUT2D eigenvalue weighted by Gasteiger charge is 2.31. The lowest BCUT2D eigenvalue weighted by Crippen LogP contribution is -3.15. The number of hydrogen-bond acceptors (Lipinski definition) is 3. The third-order valence-corrected chi connectivity index (χ3v) is 3.38. The number of likely N-dealkylation sites (N-methyl/N-ethyl adjacent to an activating group) is 1. The summed E-state index contributed by atoms with van der Waals surface area (Å²) in [6.45, 7) is 5.48. The predicted molar refractivity (Wildman–Crippen MR) is 86.2 cm³/mol. The minimum Gasteiger partial charge on any atom is -0.406 e. The van der Waals surface area contributed by atoms with E-state index in [1.165, 1.54) is 12.1 Å². The van der Waals surface area contributed by atoms with Gasteiger partial charge in [-0.05, 0) is 45.0 Å². The fraction of sp³-hybridized carbons (Fsp3) is 0.500. The zero-order valence-electron chi connectivity index (χ0n) is 14.5. The van der Waals surface area contributed by atoms with Crippen molar-refractivity contribution >= 4 is 17.5 Å². The van der Waals surface area contributed by atoms with Gasteiger partial charge in [0.25, 0.3) is 11.8 Å². The van der Waals surface area contributed by atoms with Gasteiger partial charge in [-0.2, -0.15) is 0 Å². The zero-order chi connectivity index (χ0) is 19.2. The minimum atomic E-state index is -4.76. The molecular weight excluding hydrogens is 339 g/mol. The second-order valence-electron chi connectivity index (χ2n) is 6.03. The highest BCUT2D eigenvalue weighted by molar-refractivity contribution is 5.93. The number of ether oxygens (including phenoxy) is 1. The average molecular weight is 362 g/mol. The molecule has 0 saturated carbocycles. The molecule has 3 N–H and O–H groups in total. The standard InChI is InChI=1S/C16H22F3N3O3/c1-10(2)20-14(23)9-22(4)11(3)15(24)21-12-5-7-13(8-6-12)25-16(17,18)19/h5-8,10-11H,9H2,1-4H3,(H,20,23)(H,21,24)/p+1/t11-/m0/s1. The van der Waals surface area contributed by atoms with Gasteiger partial charge in [-0.15, -0.1) is 13.2 Å². The first kappa shape index (κ1) is 20.8. The number of benzene rings is 1. The topological polar surface area (TPSA) is 71.9 Å². The Morgan fingerprint density at radius 2 is 1.72 bits per heavy atom. The first-order valence-electron chi connectivity index (χ1n) is 7.76. The van der Waals surface area contributed by atoms with Crippen molar-refractivity contribution in [3.8, 4) is 5.75 Å². The maximum Gasteiger partial charge on any atom is 0.573 e. The van der Waals surface area contributed by atoms with E-state index in [1.807, 2.05) is 13.8 Å². The molecule has 0 aromatic heterocycles. The number of anilines is 1. The first-order chi connectivity index (χ1) is 11.5. The lowest BCUT2D eigenvalue weighted by atomic mass is 10.2. The van der Waals surface area contributed by atoms with Crippen LogP contribution in [0.25, 0.3) is 0 Å². The highest BCUT2D eigenvalue weighted by atomic mass is 19.4. The molecule has 25 heavy (non-hydrogen) atoms. The summed E-state index contributed by atoms with van der Waals surface area (Å²) >= 11 is 0. The summed E-state index contributed by atoms with van der Waals surface area (Å²) in [6, 6.07) is 4.34. The molecule has 140 valence electrons. The molecule has 6 nitrogen and oxygen atoms in total. The largest absolute Gasteiger partial charge is 0.573 e. The molecule has 0 aliphatic heterocycles. The zero-order valence-corrected chi connectivity index (χ0v) is 14.5. The number of halogens is 3. The molecule has 1 rings (SSSR count). The summed E-state index contributed by atoms with van der Waals surface area (Å²) in [4.78, 5) is 24.6. The Kier molecular flexibility index (Phi) is 7.22. The minimum absolute atomic E-state index is 0.0156. The van der Waals surface area contributed by atoms with Gasteiger partial charge in [0.15, 0.2) is 12.6 Å². The summed E-state index contributed by atoms with van der Waals surface area (Å²) < 4.78 is 40.1. The van der Waals surface area contributed by atoms with Crippen LogP contribution in [-0.4, -0.2) is 43.9 Å². The molecule has 1 unspecified atom stereocenters. The van der Waals surface area contributed by atoms with Gasteiger partial charge in [-0.3, -0.25) is 9.59 Å². The van der Waals surface area contributed by atoms with Crippen molar-refractivity contribution in [2.24, 2.45) is 0 Å². The van der Waals surface area contributed by atoms with Crippen LogP contribution in [0.1, 0.15) is 20.8 Å². The van der Waals surface area contributed by atoms with E-state index in [0.717, 1.165) is 12.1 Å². The monoisotopic (exact) mass is 362 g/mol. The Hall–Kier alpha value is -2.29. The molecule has 1 aromatic carbocycles. The van der Waals surface area contributed by atoms with Gasteiger partial charge in [0.1, 0.15) is 5.75 Å². The van der Waals surface area contributed by atoms with Gasteiger partial charge in [-0.25, -0.2) is 0 Å². The van der Waals surface area contributed by atoms with E-state index >= 15 is 0 Å².